The maximum atomic E-state index is 12.3. The van der Waals surface area contributed by atoms with Gasteiger partial charge in [0.25, 0.3) is 0 Å². The van der Waals surface area contributed by atoms with Crippen LogP contribution in [0.25, 0.3) is 11.0 Å². The van der Waals surface area contributed by atoms with Gasteiger partial charge >= 0.3 is 5.97 Å². The summed E-state index contributed by atoms with van der Waals surface area (Å²) in [7, 11) is 0. The average Bonchev–Trinajstić information content (AvgIpc) is 2.91. The molecule has 1 amide bonds. The minimum Gasteiger partial charge on any atom is -0.481 e. The zero-order chi connectivity index (χ0) is 14.8. The molecule has 1 aliphatic rings. The Morgan fingerprint density at radius 1 is 1.32 bits per heavy atom. The predicted molar refractivity (Wildman–Crippen MR) is 81.7 cm³/mol. The van der Waals surface area contributed by atoms with Crippen molar-refractivity contribution in [3.05, 3.63) is 24.3 Å². The number of nitrogens with zero attached hydrogens (tertiary/aromatic N) is 4. The summed E-state index contributed by atoms with van der Waals surface area (Å²) in [5.41, 5.74) is 1.55. The number of fused-ring (bicyclic) bond motifs is 1. The zero-order valence-electron chi connectivity index (χ0n) is 11.9. The Balaban J connectivity index is 0.00000176. The Hall–Kier alpha value is -2.15. The molecule has 7 nitrogen and oxygen atoms in total. The number of benzene rings is 1. The molecule has 1 aliphatic heterocycles. The largest absolute Gasteiger partial charge is 0.481 e. The van der Waals surface area contributed by atoms with Crippen molar-refractivity contribution in [1.82, 2.24) is 19.9 Å². The number of hydrogen-bond acceptors (Lipinski definition) is 4. The highest BCUT2D eigenvalue weighted by atomic mass is 35.5. The maximum absolute atomic E-state index is 12.3. The van der Waals surface area contributed by atoms with Gasteiger partial charge in [-0.25, -0.2) is 4.68 Å². The van der Waals surface area contributed by atoms with E-state index < -0.39 is 11.9 Å². The molecular formula is C14H17ClN4O3. The van der Waals surface area contributed by atoms with Gasteiger partial charge in [0.05, 0.1) is 11.4 Å². The first-order chi connectivity index (χ1) is 10.1. The Bertz CT molecular complexity index is 688. The molecule has 118 valence electrons. The summed E-state index contributed by atoms with van der Waals surface area (Å²) in [6.45, 7) is 0.975. The van der Waals surface area contributed by atoms with E-state index in [0.29, 0.717) is 13.0 Å². The molecule has 1 unspecified atom stereocenters. The molecule has 1 aromatic heterocycles. The Morgan fingerprint density at radius 3 is 2.86 bits per heavy atom. The van der Waals surface area contributed by atoms with Crippen LogP contribution in [0.5, 0.6) is 0 Å². The standard InChI is InChI=1S/C14H16N4O3.ClH/c19-13(17-7-3-4-10(8-17)14(20)21)9-18-12-6-2-1-5-11(12)15-16-18;/h1-2,5-6,10H,3-4,7-9H2,(H,20,21);1H. The van der Waals surface area contributed by atoms with Crippen LogP contribution in [0.1, 0.15) is 12.8 Å². The van der Waals surface area contributed by atoms with E-state index in [1.54, 1.807) is 9.58 Å². The zero-order valence-corrected chi connectivity index (χ0v) is 12.7. The highest BCUT2D eigenvalue weighted by Crippen LogP contribution is 2.17. The highest BCUT2D eigenvalue weighted by molar-refractivity contribution is 5.85. The normalized spacial score (nSPS) is 18.0. The number of aliphatic carboxylic acids is 1. The molecule has 0 bridgehead atoms. The quantitative estimate of drug-likeness (QED) is 0.915. The van der Waals surface area contributed by atoms with Gasteiger partial charge in [-0.05, 0) is 25.0 Å². The lowest BCUT2D eigenvalue weighted by molar-refractivity contribution is -0.145. The molecule has 2 aromatic rings. The lowest BCUT2D eigenvalue weighted by atomic mass is 9.98. The maximum Gasteiger partial charge on any atom is 0.308 e. The summed E-state index contributed by atoms with van der Waals surface area (Å²) in [6, 6.07) is 7.43. The monoisotopic (exact) mass is 324 g/mol. The minimum atomic E-state index is -0.835. The number of likely N-dealkylation sites (tertiary alicyclic amines) is 1. The van der Waals surface area contributed by atoms with Gasteiger partial charge in [0.2, 0.25) is 5.91 Å². The third kappa shape index (κ3) is 3.19. The number of carboxylic acids is 1. The fourth-order valence-electron chi connectivity index (χ4n) is 2.67. The van der Waals surface area contributed by atoms with E-state index in [9.17, 15) is 9.59 Å². The number of para-hydroxylation sites is 1. The summed E-state index contributed by atoms with van der Waals surface area (Å²) in [6.07, 6.45) is 1.35. The summed E-state index contributed by atoms with van der Waals surface area (Å²) in [4.78, 5) is 25.0. The van der Waals surface area contributed by atoms with Crippen LogP contribution in [0.15, 0.2) is 24.3 Å². The average molecular weight is 325 g/mol. The summed E-state index contributed by atoms with van der Waals surface area (Å²) < 4.78 is 1.56. The van der Waals surface area contributed by atoms with Crippen molar-refractivity contribution in [1.29, 1.82) is 0 Å². The molecule has 1 N–H and O–H groups in total. The number of hydrogen-bond donors (Lipinski definition) is 1. The van der Waals surface area contributed by atoms with Crippen LogP contribution in [-0.4, -0.2) is 50.0 Å². The highest BCUT2D eigenvalue weighted by Gasteiger charge is 2.28. The molecule has 8 heteroatoms. The van der Waals surface area contributed by atoms with Crippen LogP contribution in [0.4, 0.5) is 0 Å². The fourth-order valence-corrected chi connectivity index (χ4v) is 2.67. The molecule has 0 radical (unpaired) electrons. The predicted octanol–water partition coefficient (Wildman–Crippen LogP) is 1.18. The van der Waals surface area contributed by atoms with Crippen molar-refractivity contribution in [3.63, 3.8) is 0 Å². The first-order valence-electron chi connectivity index (χ1n) is 6.94. The molecule has 1 aromatic carbocycles. The van der Waals surface area contributed by atoms with Crippen LogP contribution in [-0.2, 0) is 16.1 Å². The number of carboxylic acid groups (broad SMARTS) is 1. The summed E-state index contributed by atoms with van der Waals surface area (Å²) >= 11 is 0. The Labute approximate surface area is 133 Å². The molecule has 1 saturated heterocycles. The number of halogens is 1. The van der Waals surface area contributed by atoms with Crippen LogP contribution >= 0.6 is 12.4 Å². The second-order valence-corrected chi connectivity index (χ2v) is 5.25. The first-order valence-corrected chi connectivity index (χ1v) is 6.94. The van der Waals surface area contributed by atoms with E-state index >= 15 is 0 Å². The Kier molecular flexibility index (Phi) is 4.97. The number of piperidine rings is 1. The lowest BCUT2D eigenvalue weighted by Gasteiger charge is -2.30. The van der Waals surface area contributed by atoms with E-state index in [-0.39, 0.29) is 31.4 Å². The number of carbonyl (C=O) groups is 2. The van der Waals surface area contributed by atoms with Crippen LogP contribution < -0.4 is 0 Å². The molecule has 1 fully saturated rings. The molecule has 3 rings (SSSR count). The fraction of sp³-hybridized carbons (Fsp3) is 0.429. The second-order valence-electron chi connectivity index (χ2n) is 5.25. The molecule has 0 aliphatic carbocycles. The van der Waals surface area contributed by atoms with Gasteiger partial charge in [-0.1, -0.05) is 17.3 Å². The third-order valence-electron chi connectivity index (χ3n) is 3.83. The van der Waals surface area contributed by atoms with Gasteiger partial charge in [0.15, 0.2) is 0 Å². The third-order valence-corrected chi connectivity index (χ3v) is 3.83. The van der Waals surface area contributed by atoms with Gasteiger partial charge in [0, 0.05) is 13.1 Å². The molecule has 2 heterocycles. The minimum absolute atomic E-state index is 0. The SMILES string of the molecule is Cl.O=C(O)C1CCCN(C(=O)Cn2nnc3ccccc32)C1. The van der Waals surface area contributed by atoms with Gasteiger partial charge in [0.1, 0.15) is 12.1 Å². The van der Waals surface area contributed by atoms with E-state index in [0.717, 1.165) is 17.5 Å². The van der Waals surface area contributed by atoms with Crippen molar-refractivity contribution >= 4 is 35.3 Å². The second kappa shape index (κ2) is 6.74. The number of rotatable bonds is 3. The van der Waals surface area contributed by atoms with Crippen molar-refractivity contribution in [2.75, 3.05) is 13.1 Å². The van der Waals surface area contributed by atoms with Crippen molar-refractivity contribution < 1.29 is 14.7 Å². The van der Waals surface area contributed by atoms with Crippen LogP contribution in [0, 0.1) is 5.92 Å². The van der Waals surface area contributed by atoms with E-state index in [2.05, 4.69) is 10.3 Å². The molecule has 1 atom stereocenters. The Morgan fingerprint density at radius 2 is 2.09 bits per heavy atom. The van der Waals surface area contributed by atoms with E-state index in [1.165, 1.54) is 0 Å². The number of carbonyl (C=O) groups excluding carboxylic acids is 1. The van der Waals surface area contributed by atoms with E-state index in [4.69, 9.17) is 5.11 Å². The molecule has 22 heavy (non-hydrogen) atoms. The lowest BCUT2D eigenvalue weighted by Crippen LogP contribution is -2.43. The number of aromatic nitrogens is 3. The summed E-state index contributed by atoms with van der Waals surface area (Å²) in [5.74, 6) is -1.41. The smallest absolute Gasteiger partial charge is 0.308 e. The number of amides is 1. The molecular weight excluding hydrogens is 308 g/mol. The van der Waals surface area contributed by atoms with Crippen LogP contribution in [0.2, 0.25) is 0 Å². The van der Waals surface area contributed by atoms with Crippen LogP contribution in [0.3, 0.4) is 0 Å². The van der Waals surface area contributed by atoms with Gasteiger partial charge in [-0.2, -0.15) is 0 Å². The summed E-state index contributed by atoms with van der Waals surface area (Å²) in [5, 5.41) is 17.1. The topological polar surface area (TPSA) is 88.3 Å². The van der Waals surface area contributed by atoms with Crippen molar-refractivity contribution in [2.45, 2.75) is 19.4 Å². The first kappa shape index (κ1) is 16.2. The van der Waals surface area contributed by atoms with Gasteiger partial charge < -0.3 is 10.0 Å². The molecule has 0 saturated carbocycles. The van der Waals surface area contributed by atoms with Crippen molar-refractivity contribution in [2.24, 2.45) is 5.92 Å². The van der Waals surface area contributed by atoms with E-state index in [1.807, 2.05) is 24.3 Å². The van der Waals surface area contributed by atoms with Gasteiger partial charge in [-0.3, -0.25) is 9.59 Å². The van der Waals surface area contributed by atoms with Crippen molar-refractivity contribution in [3.8, 4) is 0 Å². The molecule has 0 spiro atoms. The van der Waals surface area contributed by atoms with Gasteiger partial charge in [-0.15, -0.1) is 17.5 Å².